The van der Waals surface area contributed by atoms with E-state index in [0.717, 1.165) is 10.0 Å². The number of benzene rings is 2. The highest BCUT2D eigenvalue weighted by molar-refractivity contribution is 9.10. The Morgan fingerprint density at radius 1 is 1.04 bits per heavy atom. The van der Waals surface area contributed by atoms with Crippen molar-refractivity contribution in [2.75, 3.05) is 26.2 Å². The summed E-state index contributed by atoms with van der Waals surface area (Å²) < 4.78 is 14.3. The van der Waals surface area contributed by atoms with E-state index in [-0.39, 0.29) is 18.0 Å². The highest BCUT2D eigenvalue weighted by Gasteiger charge is 2.26. The predicted molar refractivity (Wildman–Crippen MR) is 105 cm³/mol. The normalized spacial score (nSPS) is 15.4. The highest BCUT2D eigenvalue weighted by Crippen LogP contribution is 2.23. The van der Waals surface area contributed by atoms with E-state index in [4.69, 9.17) is 0 Å². The van der Waals surface area contributed by atoms with Gasteiger partial charge in [-0.3, -0.25) is 4.79 Å². The van der Waals surface area contributed by atoms with Crippen LogP contribution in [0.15, 0.2) is 53.0 Å². The molecule has 0 saturated carbocycles. The van der Waals surface area contributed by atoms with Crippen molar-refractivity contribution in [1.82, 2.24) is 15.1 Å². The molecular weight excluding hydrogens is 413 g/mol. The molecule has 5 nitrogen and oxygen atoms in total. The van der Waals surface area contributed by atoms with Crippen molar-refractivity contribution in [3.05, 3.63) is 69.9 Å². The summed E-state index contributed by atoms with van der Waals surface area (Å²) in [4.78, 5) is 28.3. The molecule has 1 N–H and O–H groups in total. The number of amides is 3. The van der Waals surface area contributed by atoms with Gasteiger partial charge < -0.3 is 15.1 Å². The second kappa shape index (κ2) is 8.52. The monoisotopic (exact) mass is 433 g/mol. The summed E-state index contributed by atoms with van der Waals surface area (Å²) in [7, 11) is 0. The molecule has 1 saturated heterocycles. The highest BCUT2D eigenvalue weighted by atomic mass is 79.9. The molecule has 0 aromatic heterocycles. The van der Waals surface area contributed by atoms with E-state index in [0.29, 0.717) is 31.7 Å². The number of carbonyl (C=O) groups excluding carboxylic acids is 2. The summed E-state index contributed by atoms with van der Waals surface area (Å²) in [5.41, 5.74) is 1.33. The lowest BCUT2D eigenvalue weighted by molar-refractivity contribution is 0.0663. The zero-order valence-corrected chi connectivity index (χ0v) is 16.6. The zero-order chi connectivity index (χ0) is 19.4. The second-order valence-electron chi connectivity index (χ2n) is 6.48. The third kappa shape index (κ3) is 4.66. The van der Waals surface area contributed by atoms with Crippen molar-refractivity contribution in [2.24, 2.45) is 0 Å². The Bertz CT molecular complexity index is 837. The van der Waals surface area contributed by atoms with Crippen LogP contribution < -0.4 is 5.32 Å². The van der Waals surface area contributed by atoms with Gasteiger partial charge >= 0.3 is 6.03 Å². The van der Waals surface area contributed by atoms with Crippen molar-refractivity contribution in [3.8, 4) is 0 Å². The van der Waals surface area contributed by atoms with Crippen molar-refractivity contribution in [3.63, 3.8) is 0 Å². The van der Waals surface area contributed by atoms with Gasteiger partial charge in [0.15, 0.2) is 0 Å². The number of urea groups is 1. The fraction of sp³-hybridized carbons (Fsp3) is 0.300. The Morgan fingerprint density at radius 3 is 2.37 bits per heavy atom. The van der Waals surface area contributed by atoms with Gasteiger partial charge in [-0.05, 0) is 36.8 Å². The number of nitrogens with zero attached hydrogens (tertiary/aromatic N) is 2. The van der Waals surface area contributed by atoms with E-state index in [1.54, 1.807) is 15.9 Å². The number of halogens is 2. The van der Waals surface area contributed by atoms with Crippen LogP contribution in [0.4, 0.5) is 9.18 Å². The Kier molecular flexibility index (Phi) is 6.11. The predicted octanol–water partition coefficient (Wildman–Crippen LogP) is 3.82. The van der Waals surface area contributed by atoms with Crippen LogP contribution in [0, 0.1) is 5.82 Å². The van der Waals surface area contributed by atoms with Gasteiger partial charge in [0.1, 0.15) is 5.82 Å². The molecule has 1 heterocycles. The zero-order valence-electron chi connectivity index (χ0n) is 15.0. The maximum atomic E-state index is 13.3. The molecule has 3 rings (SSSR count). The Balaban J connectivity index is 1.55. The van der Waals surface area contributed by atoms with E-state index in [9.17, 15) is 14.0 Å². The lowest BCUT2D eigenvalue weighted by Crippen LogP contribution is -2.53. The number of nitrogens with one attached hydrogen (secondary N) is 1. The van der Waals surface area contributed by atoms with Gasteiger partial charge in [0, 0.05) is 36.2 Å². The SMILES string of the molecule is CC(NC(=O)N1CCN(C(=O)c2cccc(F)c2)CC1)c1ccccc1Br. The molecule has 142 valence electrons. The van der Waals surface area contributed by atoms with E-state index in [1.165, 1.54) is 18.2 Å². The largest absolute Gasteiger partial charge is 0.335 e. The Morgan fingerprint density at radius 2 is 1.70 bits per heavy atom. The summed E-state index contributed by atoms with van der Waals surface area (Å²) >= 11 is 3.50. The van der Waals surface area contributed by atoms with Crippen molar-refractivity contribution >= 4 is 27.9 Å². The van der Waals surface area contributed by atoms with Gasteiger partial charge in [0.05, 0.1) is 6.04 Å². The molecule has 0 spiro atoms. The lowest BCUT2D eigenvalue weighted by atomic mass is 10.1. The number of piperazine rings is 1. The molecule has 0 radical (unpaired) electrons. The van der Waals surface area contributed by atoms with Crippen molar-refractivity contribution in [1.29, 1.82) is 0 Å². The molecule has 7 heteroatoms. The summed E-state index contributed by atoms with van der Waals surface area (Å²) in [6, 6.07) is 13.1. The van der Waals surface area contributed by atoms with Crippen LogP contribution in [-0.4, -0.2) is 47.9 Å². The maximum Gasteiger partial charge on any atom is 0.317 e. The Hall–Kier alpha value is -2.41. The molecule has 3 amide bonds. The minimum atomic E-state index is -0.431. The first-order chi connectivity index (χ1) is 13.0. The van der Waals surface area contributed by atoms with Crippen LogP contribution in [0.25, 0.3) is 0 Å². The third-order valence-electron chi connectivity index (χ3n) is 4.64. The standard InChI is InChI=1S/C20H21BrFN3O2/c1-14(17-7-2-3-8-18(17)21)23-20(27)25-11-9-24(10-12-25)19(26)15-5-4-6-16(22)13-15/h2-8,13-14H,9-12H2,1H3,(H,23,27). The van der Waals surface area contributed by atoms with Crippen molar-refractivity contribution < 1.29 is 14.0 Å². The Labute approximate surface area is 166 Å². The average molecular weight is 434 g/mol. The summed E-state index contributed by atoms with van der Waals surface area (Å²) in [6.07, 6.45) is 0. The summed E-state index contributed by atoms with van der Waals surface area (Å²) in [6.45, 7) is 3.66. The van der Waals surface area contributed by atoms with E-state index >= 15 is 0 Å². The van der Waals surface area contributed by atoms with E-state index in [1.807, 2.05) is 31.2 Å². The van der Waals surface area contributed by atoms with Gasteiger partial charge in [0.25, 0.3) is 5.91 Å². The maximum absolute atomic E-state index is 13.3. The van der Waals surface area contributed by atoms with Gasteiger partial charge in [-0.1, -0.05) is 40.2 Å². The minimum Gasteiger partial charge on any atom is -0.335 e. The first kappa shape index (κ1) is 19.4. The molecule has 2 aromatic rings. The molecule has 27 heavy (non-hydrogen) atoms. The van der Waals surface area contributed by atoms with Crippen LogP contribution in [-0.2, 0) is 0 Å². The van der Waals surface area contributed by atoms with Gasteiger partial charge in [-0.25, -0.2) is 9.18 Å². The van der Waals surface area contributed by atoms with E-state index in [2.05, 4.69) is 21.2 Å². The van der Waals surface area contributed by atoms with Crippen LogP contribution in [0.5, 0.6) is 0 Å². The minimum absolute atomic E-state index is 0.139. The fourth-order valence-electron chi connectivity index (χ4n) is 3.10. The van der Waals surface area contributed by atoms with E-state index < -0.39 is 5.82 Å². The summed E-state index contributed by atoms with van der Waals surface area (Å²) in [5, 5.41) is 2.99. The van der Waals surface area contributed by atoms with Crippen LogP contribution in [0.1, 0.15) is 28.9 Å². The first-order valence-electron chi connectivity index (χ1n) is 8.80. The average Bonchev–Trinajstić information content (AvgIpc) is 2.67. The fourth-order valence-corrected chi connectivity index (χ4v) is 3.73. The molecule has 0 bridgehead atoms. The third-order valence-corrected chi connectivity index (χ3v) is 5.36. The molecule has 1 atom stereocenters. The molecule has 0 aliphatic carbocycles. The van der Waals surface area contributed by atoms with Gasteiger partial charge in [0.2, 0.25) is 0 Å². The van der Waals surface area contributed by atoms with Crippen LogP contribution >= 0.6 is 15.9 Å². The molecule has 1 aliphatic rings. The first-order valence-corrected chi connectivity index (χ1v) is 9.59. The number of hydrogen-bond acceptors (Lipinski definition) is 2. The molecule has 1 aliphatic heterocycles. The molecule has 1 fully saturated rings. The second-order valence-corrected chi connectivity index (χ2v) is 7.34. The van der Waals surface area contributed by atoms with Crippen molar-refractivity contribution in [2.45, 2.75) is 13.0 Å². The van der Waals surface area contributed by atoms with Gasteiger partial charge in [-0.2, -0.15) is 0 Å². The lowest BCUT2D eigenvalue weighted by Gasteiger charge is -2.35. The number of rotatable bonds is 3. The van der Waals surface area contributed by atoms with Crippen LogP contribution in [0.2, 0.25) is 0 Å². The van der Waals surface area contributed by atoms with Crippen LogP contribution in [0.3, 0.4) is 0 Å². The molecular formula is C20H21BrFN3O2. The van der Waals surface area contributed by atoms with Gasteiger partial charge in [-0.15, -0.1) is 0 Å². The molecule has 2 aromatic carbocycles. The summed E-state index contributed by atoms with van der Waals surface area (Å²) in [5.74, 6) is -0.643. The smallest absolute Gasteiger partial charge is 0.317 e. The number of carbonyl (C=O) groups is 2. The molecule has 1 unspecified atom stereocenters. The topological polar surface area (TPSA) is 52.7 Å². The number of hydrogen-bond donors (Lipinski definition) is 1. The quantitative estimate of drug-likeness (QED) is 0.799.